The minimum Gasteiger partial charge on any atom is -0.478 e. The Labute approximate surface area is 109 Å². The molecule has 0 aliphatic rings. The monoisotopic (exact) mass is 282 g/mol. The summed E-state index contributed by atoms with van der Waals surface area (Å²) in [6.07, 6.45) is -2.40. The number of imidazole rings is 1. The van der Waals surface area contributed by atoms with Crippen molar-refractivity contribution in [2.75, 3.05) is 0 Å². The maximum absolute atomic E-state index is 12.6. The van der Waals surface area contributed by atoms with Gasteiger partial charge in [0.2, 0.25) is 5.82 Å². The second kappa shape index (κ2) is 4.65. The first-order chi connectivity index (χ1) is 9.34. The quantitative estimate of drug-likeness (QED) is 0.907. The van der Waals surface area contributed by atoms with Crippen LogP contribution in [0.15, 0.2) is 24.5 Å². The Hall–Kier alpha value is -2.89. The molecule has 0 aliphatic heterocycles. The second-order valence-corrected chi connectivity index (χ2v) is 3.60. The molecule has 2 rings (SSSR count). The van der Waals surface area contributed by atoms with Gasteiger partial charge < -0.3 is 5.11 Å². The predicted octanol–water partition coefficient (Wildman–Crippen LogP) is 1.86. The van der Waals surface area contributed by atoms with E-state index in [1.807, 2.05) is 0 Å². The summed E-state index contributed by atoms with van der Waals surface area (Å²) in [5, 5.41) is 17.8. The van der Waals surface area contributed by atoms with E-state index in [0.717, 1.165) is 23.0 Å². The van der Waals surface area contributed by atoms with Gasteiger partial charge in [0, 0.05) is 12.4 Å². The van der Waals surface area contributed by atoms with Gasteiger partial charge in [-0.25, -0.2) is 14.8 Å². The third kappa shape index (κ3) is 2.31. The number of carbonyl (C=O) groups is 1. The van der Waals surface area contributed by atoms with Crippen LogP contribution in [-0.4, -0.2) is 25.6 Å². The number of hydrogen-bond donors (Lipinski definition) is 1. The number of aromatic nitrogens is 3. The molecule has 0 amide bonds. The lowest BCUT2D eigenvalue weighted by molar-refractivity contribution is -0.141. The van der Waals surface area contributed by atoms with Crippen LogP contribution in [0, 0.1) is 11.3 Å². The van der Waals surface area contributed by atoms with E-state index >= 15 is 0 Å². The molecule has 6 nitrogen and oxygen atoms in total. The van der Waals surface area contributed by atoms with Crippen LogP contribution in [0.3, 0.4) is 0 Å². The van der Waals surface area contributed by atoms with E-state index in [2.05, 4.69) is 9.97 Å². The van der Waals surface area contributed by atoms with Crippen LogP contribution in [0.2, 0.25) is 0 Å². The molecule has 0 bridgehead atoms. The van der Waals surface area contributed by atoms with Crippen LogP contribution in [0.1, 0.15) is 21.9 Å². The van der Waals surface area contributed by atoms with Gasteiger partial charge in [0.05, 0.1) is 0 Å². The average molecular weight is 282 g/mol. The number of pyridine rings is 1. The van der Waals surface area contributed by atoms with Gasteiger partial charge in [0.25, 0.3) is 0 Å². The summed E-state index contributed by atoms with van der Waals surface area (Å²) in [6, 6.07) is 2.99. The molecule has 2 heterocycles. The second-order valence-electron chi connectivity index (χ2n) is 3.60. The van der Waals surface area contributed by atoms with Crippen molar-refractivity contribution in [3.05, 3.63) is 41.6 Å². The Bertz CT molecular complexity index is 715. The Kier molecular flexibility index (Phi) is 3.15. The highest BCUT2D eigenvalue weighted by atomic mass is 19.4. The maximum Gasteiger partial charge on any atom is 0.433 e. The van der Waals surface area contributed by atoms with Gasteiger partial charge in [-0.15, -0.1) is 0 Å². The first-order valence-corrected chi connectivity index (χ1v) is 5.10. The van der Waals surface area contributed by atoms with Crippen LogP contribution in [0.25, 0.3) is 5.82 Å². The van der Waals surface area contributed by atoms with E-state index in [0.29, 0.717) is 6.07 Å². The largest absolute Gasteiger partial charge is 0.478 e. The molecule has 20 heavy (non-hydrogen) atoms. The highest BCUT2D eigenvalue weighted by molar-refractivity contribution is 5.91. The van der Waals surface area contributed by atoms with Crippen molar-refractivity contribution in [2.24, 2.45) is 0 Å². The zero-order chi connectivity index (χ0) is 14.9. The van der Waals surface area contributed by atoms with Crippen molar-refractivity contribution in [2.45, 2.75) is 6.18 Å². The molecule has 0 radical (unpaired) electrons. The Morgan fingerprint density at radius 1 is 1.40 bits per heavy atom. The predicted molar refractivity (Wildman–Crippen MR) is 58.0 cm³/mol. The molecule has 0 fully saturated rings. The molecule has 0 aliphatic carbocycles. The van der Waals surface area contributed by atoms with Gasteiger partial charge in [-0.2, -0.15) is 18.4 Å². The van der Waals surface area contributed by atoms with Crippen LogP contribution in [0.5, 0.6) is 0 Å². The first-order valence-electron chi connectivity index (χ1n) is 5.10. The molecule has 0 aromatic carbocycles. The number of rotatable bonds is 2. The lowest BCUT2D eigenvalue weighted by Gasteiger charge is -2.11. The van der Waals surface area contributed by atoms with E-state index in [9.17, 15) is 18.0 Å². The van der Waals surface area contributed by atoms with Crippen molar-refractivity contribution in [1.82, 2.24) is 14.5 Å². The molecule has 2 aromatic heterocycles. The summed E-state index contributed by atoms with van der Waals surface area (Å²) in [4.78, 5) is 17.9. The average Bonchev–Trinajstić information content (AvgIpc) is 2.84. The first kappa shape index (κ1) is 13.5. The molecule has 2 aromatic rings. The van der Waals surface area contributed by atoms with Crippen LogP contribution < -0.4 is 0 Å². The van der Waals surface area contributed by atoms with E-state index in [-0.39, 0.29) is 5.82 Å². The van der Waals surface area contributed by atoms with Crippen LogP contribution in [-0.2, 0) is 6.18 Å². The number of alkyl halides is 3. The standard InChI is InChI=1S/C11H5F3N4O2/c12-11(13,14)7-2-1-6(10(19)20)9(17-7)18-4-3-16-8(18)5-15/h1-4H,(H,19,20). The molecule has 0 atom stereocenters. The lowest BCUT2D eigenvalue weighted by Crippen LogP contribution is -2.15. The minimum absolute atomic E-state index is 0.265. The van der Waals surface area contributed by atoms with Gasteiger partial charge in [-0.3, -0.25) is 4.57 Å². The number of aromatic carboxylic acids is 1. The number of nitriles is 1. The zero-order valence-electron chi connectivity index (χ0n) is 9.59. The fraction of sp³-hybridized carbons (Fsp3) is 0.0909. The minimum atomic E-state index is -4.72. The Morgan fingerprint density at radius 3 is 2.65 bits per heavy atom. The van der Waals surface area contributed by atoms with Gasteiger partial charge in [-0.1, -0.05) is 0 Å². The molecule has 1 N–H and O–H groups in total. The molecule has 9 heteroatoms. The van der Waals surface area contributed by atoms with E-state index in [1.54, 1.807) is 6.07 Å². The summed E-state index contributed by atoms with van der Waals surface area (Å²) in [5.41, 5.74) is -1.72. The Morgan fingerprint density at radius 2 is 2.10 bits per heavy atom. The SMILES string of the molecule is N#Cc1nccn1-c1nc(C(F)(F)F)ccc1C(=O)O. The number of carboxylic acids is 1. The van der Waals surface area contributed by atoms with Crippen molar-refractivity contribution >= 4 is 5.97 Å². The third-order valence-electron chi connectivity index (χ3n) is 2.36. The van der Waals surface area contributed by atoms with E-state index in [4.69, 9.17) is 10.4 Å². The summed E-state index contributed by atoms with van der Waals surface area (Å²) < 4.78 is 38.8. The van der Waals surface area contributed by atoms with Crippen molar-refractivity contribution in [3.63, 3.8) is 0 Å². The zero-order valence-corrected chi connectivity index (χ0v) is 9.59. The normalized spacial score (nSPS) is 11.1. The fourth-order valence-corrected chi connectivity index (χ4v) is 1.51. The molecular formula is C11H5F3N4O2. The summed E-state index contributed by atoms with van der Waals surface area (Å²) >= 11 is 0. The lowest BCUT2D eigenvalue weighted by atomic mass is 10.2. The smallest absolute Gasteiger partial charge is 0.433 e. The summed E-state index contributed by atoms with van der Waals surface area (Å²) in [6.45, 7) is 0. The van der Waals surface area contributed by atoms with Crippen molar-refractivity contribution in [1.29, 1.82) is 5.26 Å². The van der Waals surface area contributed by atoms with Crippen LogP contribution in [0.4, 0.5) is 13.2 Å². The molecule has 0 saturated carbocycles. The van der Waals surface area contributed by atoms with E-state index < -0.39 is 29.2 Å². The number of nitrogens with zero attached hydrogens (tertiary/aromatic N) is 4. The highest BCUT2D eigenvalue weighted by Gasteiger charge is 2.34. The number of hydrogen-bond acceptors (Lipinski definition) is 4. The maximum atomic E-state index is 12.6. The fourth-order valence-electron chi connectivity index (χ4n) is 1.51. The molecule has 0 spiro atoms. The van der Waals surface area contributed by atoms with Crippen molar-refractivity contribution in [3.8, 4) is 11.9 Å². The van der Waals surface area contributed by atoms with E-state index in [1.165, 1.54) is 0 Å². The van der Waals surface area contributed by atoms with Gasteiger partial charge in [0.1, 0.15) is 17.3 Å². The highest BCUT2D eigenvalue weighted by Crippen LogP contribution is 2.29. The molecule has 102 valence electrons. The number of carboxylic acid groups (broad SMARTS) is 1. The number of halogens is 3. The Balaban J connectivity index is 2.72. The van der Waals surface area contributed by atoms with Crippen molar-refractivity contribution < 1.29 is 23.1 Å². The summed E-state index contributed by atoms with van der Waals surface area (Å²) in [7, 11) is 0. The van der Waals surface area contributed by atoms with Crippen LogP contribution >= 0.6 is 0 Å². The summed E-state index contributed by atoms with van der Waals surface area (Å²) in [5.74, 6) is -2.24. The molecule has 0 saturated heterocycles. The molecular weight excluding hydrogens is 277 g/mol. The van der Waals surface area contributed by atoms with Gasteiger partial charge in [-0.05, 0) is 12.1 Å². The topological polar surface area (TPSA) is 91.8 Å². The van der Waals surface area contributed by atoms with Gasteiger partial charge in [0.15, 0.2) is 5.82 Å². The molecule has 0 unspecified atom stereocenters. The van der Waals surface area contributed by atoms with Gasteiger partial charge >= 0.3 is 12.1 Å². The third-order valence-corrected chi connectivity index (χ3v) is 2.36.